The van der Waals surface area contributed by atoms with Gasteiger partial charge in [-0.3, -0.25) is 10.4 Å². The summed E-state index contributed by atoms with van der Waals surface area (Å²) in [5.74, 6) is 1.53. The molecule has 3 aromatic rings. The molecule has 2 fully saturated rings. The van der Waals surface area contributed by atoms with E-state index in [1.54, 1.807) is 6.20 Å². The summed E-state index contributed by atoms with van der Waals surface area (Å²) < 4.78 is 5.49. The van der Waals surface area contributed by atoms with Crippen molar-refractivity contribution < 1.29 is 4.74 Å². The molecule has 0 aliphatic carbocycles. The molecule has 2 saturated heterocycles. The third kappa shape index (κ3) is 5.45. The molecule has 0 atom stereocenters. The second-order valence-electron chi connectivity index (χ2n) is 9.54. The van der Waals surface area contributed by atoms with Gasteiger partial charge in [-0.1, -0.05) is 12.1 Å². The highest BCUT2D eigenvalue weighted by atomic mass is 16.5. The van der Waals surface area contributed by atoms with Gasteiger partial charge in [-0.25, -0.2) is 15.0 Å². The molecule has 0 bridgehead atoms. The van der Waals surface area contributed by atoms with Gasteiger partial charge in [0.05, 0.1) is 24.6 Å². The highest BCUT2D eigenvalue weighted by Crippen LogP contribution is 2.26. The Bertz CT molecular complexity index is 1230. The standard InChI is InChI=1S/C27H33N9O/c1-33-11-13-35(14-12-33)27-29-20-36(32-27)23-7-5-22(6-8-23)30-26-28-10-9-25(31-26)21-3-2-4-24(19-21)34-15-17-37-18-16-34/h2-10,19H,11-18,20H2,1H3,(H,29,32)(H,28,30,31). The molecule has 10 nitrogen and oxygen atoms in total. The first-order valence-electron chi connectivity index (χ1n) is 12.9. The van der Waals surface area contributed by atoms with Gasteiger partial charge in [-0.05, 0) is 49.5 Å². The van der Waals surface area contributed by atoms with E-state index in [2.05, 4.69) is 78.9 Å². The summed E-state index contributed by atoms with van der Waals surface area (Å²) in [6, 6.07) is 18.7. The third-order valence-electron chi connectivity index (χ3n) is 7.01. The summed E-state index contributed by atoms with van der Waals surface area (Å²) in [5.41, 5.74) is 8.60. The minimum Gasteiger partial charge on any atom is -0.378 e. The van der Waals surface area contributed by atoms with E-state index in [-0.39, 0.29) is 0 Å². The molecule has 0 radical (unpaired) electrons. The zero-order valence-corrected chi connectivity index (χ0v) is 21.2. The molecule has 0 saturated carbocycles. The number of morpholine rings is 1. The third-order valence-corrected chi connectivity index (χ3v) is 7.01. The number of anilines is 4. The number of hydrazine groups is 1. The van der Waals surface area contributed by atoms with Gasteiger partial charge in [-0.15, -0.1) is 0 Å². The van der Waals surface area contributed by atoms with Crippen LogP contribution in [0.4, 0.5) is 23.0 Å². The largest absolute Gasteiger partial charge is 0.378 e. The van der Waals surface area contributed by atoms with Crippen molar-refractivity contribution in [2.75, 3.05) is 81.4 Å². The van der Waals surface area contributed by atoms with Gasteiger partial charge in [0.15, 0.2) is 0 Å². The molecule has 3 aliphatic rings. The molecular formula is C27H33N9O. The van der Waals surface area contributed by atoms with E-state index in [9.17, 15) is 0 Å². The maximum Gasteiger partial charge on any atom is 0.227 e. The van der Waals surface area contributed by atoms with E-state index in [0.717, 1.165) is 81.1 Å². The van der Waals surface area contributed by atoms with E-state index < -0.39 is 0 Å². The molecule has 3 aliphatic heterocycles. The molecule has 0 amide bonds. The Morgan fingerprint density at radius 2 is 1.68 bits per heavy atom. The van der Waals surface area contributed by atoms with E-state index in [1.165, 1.54) is 5.69 Å². The van der Waals surface area contributed by atoms with Crippen LogP contribution >= 0.6 is 0 Å². The molecule has 0 unspecified atom stereocenters. The predicted octanol–water partition coefficient (Wildman–Crippen LogP) is 2.61. The Morgan fingerprint density at radius 1 is 0.865 bits per heavy atom. The summed E-state index contributed by atoms with van der Waals surface area (Å²) in [4.78, 5) is 20.9. The number of guanidine groups is 1. The number of hydrogen-bond acceptors (Lipinski definition) is 10. The SMILES string of the molecule is CN1CCN(C2=NCN(c3ccc(Nc4nccc(-c5cccc(N6CCOCC6)c5)n4)cc3)N2)CC1. The fourth-order valence-electron chi connectivity index (χ4n) is 4.78. The smallest absolute Gasteiger partial charge is 0.227 e. The highest BCUT2D eigenvalue weighted by molar-refractivity contribution is 5.84. The first-order valence-corrected chi connectivity index (χ1v) is 12.9. The van der Waals surface area contributed by atoms with E-state index in [4.69, 9.17) is 14.7 Å². The summed E-state index contributed by atoms with van der Waals surface area (Å²) in [7, 11) is 2.16. The molecule has 2 N–H and O–H groups in total. The van der Waals surface area contributed by atoms with Crippen LogP contribution in [0.15, 0.2) is 65.8 Å². The van der Waals surface area contributed by atoms with Gasteiger partial charge in [0, 0.05) is 62.4 Å². The molecule has 4 heterocycles. The molecule has 10 heteroatoms. The number of nitrogens with zero attached hydrogens (tertiary/aromatic N) is 7. The quantitative estimate of drug-likeness (QED) is 0.550. The van der Waals surface area contributed by atoms with Crippen LogP contribution < -0.4 is 20.7 Å². The lowest BCUT2D eigenvalue weighted by molar-refractivity contribution is 0.122. The van der Waals surface area contributed by atoms with Crippen LogP contribution in [-0.2, 0) is 4.74 Å². The van der Waals surface area contributed by atoms with Crippen molar-refractivity contribution in [3.63, 3.8) is 0 Å². The molecule has 1 aromatic heterocycles. The molecule has 0 spiro atoms. The maximum atomic E-state index is 5.49. The lowest BCUT2D eigenvalue weighted by Crippen LogP contribution is -2.52. The van der Waals surface area contributed by atoms with E-state index >= 15 is 0 Å². The Hall–Kier alpha value is -3.89. The first kappa shape index (κ1) is 23.5. The highest BCUT2D eigenvalue weighted by Gasteiger charge is 2.23. The number of hydrogen-bond donors (Lipinski definition) is 2. The van der Waals surface area contributed by atoms with Crippen molar-refractivity contribution in [2.24, 2.45) is 4.99 Å². The lowest BCUT2D eigenvalue weighted by atomic mass is 10.1. The lowest BCUT2D eigenvalue weighted by Gasteiger charge is -2.34. The Morgan fingerprint density at radius 3 is 2.49 bits per heavy atom. The van der Waals surface area contributed by atoms with E-state index in [0.29, 0.717) is 12.6 Å². The van der Waals surface area contributed by atoms with Gasteiger partial charge in [0.1, 0.15) is 6.67 Å². The zero-order valence-electron chi connectivity index (χ0n) is 21.2. The van der Waals surface area contributed by atoms with Gasteiger partial charge < -0.3 is 24.8 Å². The molecule has 2 aromatic carbocycles. The van der Waals surface area contributed by atoms with Gasteiger partial charge in [-0.2, -0.15) is 0 Å². The second-order valence-corrected chi connectivity index (χ2v) is 9.54. The van der Waals surface area contributed by atoms with Crippen LogP contribution in [0.5, 0.6) is 0 Å². The monoisotopic (exact) mass is 499 g/mol. The molecule has 37 heavy (non-hydrogen) atoms. The van der Waals surface area contributed by atoms with Crippen LogP contribution in [0.2, 0.25) is 0 Å². The van der Waals surface area contributed by atoms with Crippen LogP contribution in [-0.4, -0.2) is 91.9 Å². The fourth-order valence-corrected chi connectivity index (χ4v) is 4.78. The number of likely N-dealkylation sites (N-methyl/N-ethyl adjacent to an activating group) is 1. The minimum atomic E-state index is 0.571. The Kier molecular flexibility index (Phi) is 6.74. The number of nitrogens with one attached hydrogen (secondary N) is 2. The normalized spacial score (nSPS) is 18.5. The average Bonchev–Trinajstić information content (AvgIpc) is 3.45. The van der Waals surface area contributed by atoms with E-state index in [1.807, 2.05) is 18.2 Å². The average molecular weight is 500 g/mol. The van der Waals surface area contributed by atoms with Crippen molar-refractivity contribution >= 4 is 29.0 Å². The van der Waals surface area contributed by atoms with Crippen molar-refractivity contribution in [2.45, 2.75) is 0 Å². The molecular weight excluding hydrogens is 466 g/mol. The Balaban J connectivity index is 1.09. The first-order chi connectivity index (χ1) is 18.2. The summed E-state index contributed by atoms with van der Waals surface area (Å²) in [6.07, 6.45) is 1.80. The number of aliphatic imine (C=N–C) groups is 1. The zero-order chi connectivity index (χ0) is 25.0. The number of rotatable bonds is 5. The second kappa shape index (κ2) is 10.6. The minimum absolute atomic E-state index is 0.571. The van der Waals surface area contributed by atoms with Crippen molar-refractivity contribution in [1.82, 2.24) is 25.2 Å². The van der Waals surface area contributed by atoms with Crippen molar-refractivity contribution in [1.29, 1.82) is 0 Å². The number of benzene rings is 2. The van der Waals surface area contributed by atoms with Gasteiger partial charge in [0.2, 0.25) is 11.9 Å². The van der Waals surface area contributed by atoms with Gasteiger partial charge in [0.25, 0.3) is 0 Å². The number of piperazine rings is 1. The maximum absolute atomic E-state index is 5.49. The topological polar surface area (TPSA) is 84.4 Å². The van der Waals surface area contributed by atoms with Crippen molar-refractivity contribution in [3.05, 3.63) is 60.8 Å². The summed E-state index contributed by atoms with van der Waals surface area (Å²) in [6.45, 7) is 8.06. The van der Waals surface area contributed by atoms with Crippen LogP contribution in [0.25, 0.3) is 11.3 Å². The predicted molar refractivity (Wildman–Crippen MR) is 147 cm³/mol. The van der Waals surface area contributed by atoms with Crippen LogP contribution in [0, 0.1) is 0 Å². The summed E-state index contributed by atoms with van der Waals surface area (Å²) in [5, 5.41) is 5.41. The Labute approximate surface area is 217 Å². The number of aromatic nitrogens is 2. The number of ether oxygens (including phenoxy) is 1. The van der Waals surface area contributed by atoms with Crippen LogP contribution in [0.3, 0.4) is 0 Å². The van der Waals surface area contributed by atoms with Crippen molar-refractivity contribution in [3.8, 4) is 11.3 Å². The molecule has 192 valence electrons. The molecule has 6 rings (SSSR count). The fraction of sp³-hybridized carbons (Fsp3) is 0.370. The summed E-state index contributed by atoms with van der Waals surface area (Å²) >= 11 is 0. The van der Waals surface area contributed by atoms with Gasteiger partial charge >= 0.3 is 0 Å². The van der Waals surface area contributed by atoms with Crippen LogP contribution in [0.1, 0.15) is 0 Å².